The van der Waals surface area contributed by atoms with E-state index >= 15 is 0 Å². The van der Waals surface area contributed by atoms with Crippen LogP contribution in [0.1, 0.15) is 48.1 Å². The number of anilines is 1. The van der Waals surface area contributed by atoms with Crippen LogP contribution in [0.4, 0.5) is 11.4 Å². The molecule has 1 spiro atoms. The first-order valence-electron chi connectivity index (χ1n) is 14.1. The van der Waals surface area contributed by atoms with Crippen LogP contribution in [0.25, 0.3) is 6.08 Å². The first-order valence-corrected chi connectivity index (χ1v) is 14.1. The molecule has 0 radical (unpaired) electrons. The molecule has 218 valence electrons. The Labute approximate surface area is 252 Å². The van der Waals surface area contributed by atoms with Crippen LogP contribution in [0.5, 0.6) is 11.5 Å². The average Bonchev–Trinajstić information content (AvgIpc) is 3.49. The third kappa shape index (κ3) is 3.55. The Bertz CT molecular complexity index is 1890. The standard InChI is InChI=1S/C35H26N2O7/c1-43-27-16-8-14-25(32(27)44-2)29-30(31(38)21-10-7-11-22(19-21)37(41)42)36-26-15-6-3-9-20(26)17-18-28(36)35(29)33(39)23-12-4-5-13-24(23)34(35)40/h3-19,28-30H,1-2H3/t28?,29-,30+/m0/s1. The maximum Gasteiger partial charge on any atom is 0.270 e. The van der Waals surface area contributed by atoms with E-state index in [-0.39, 0.29) is 22.8 Å². The van der Waals surface area contributed by atoms with E-state index in [0.717, 1.165) is 5.56 Å². The molecule has 9 heteroatoms. The minimum absolute atomic E-state index is 0.0920. The molecule has 1 aliphatic carbocycles. The SMILES string of the molecule is COc1cccc([C@H]2[C@H](C(=O)c3cccc([N+](=O)[O-])c3)N3c4ccccc4C=CC3C23C(=O)c2ccccc2C3=O)c1OC. The molecule has 9 nitrogen and oxygen atoms in total. The highest BCUT2D eigenvalue weighted by Gasteiger charge is 2.72. The number of benzene rings is 4. The van der Waals surface area contributed by atoms with Crippen molar-refractivity contribution in [1.29, 1.82) is 0 Å². The smallest absolute Gasteiger partial charge is 0.270 e. The van der Waals surface area contributed by atoms with E-state index in [0.29, 0.717) is 33.9 Å². The first kappa shape index (κ1) is 27.3. The van der Waals surface area contributed by atoms with Crippen molar-refractivity contribution in [3.63, 3.8) is 0 Å². The van der Waals surface area contributed by atoms with E-state index in [2.05, 4.69) is 0 Å². The average molecular weight is 587 g/mol. The van der Waals surface area contributed by atoms with Crippen LogP contribution in [0.3, 0.4) is 0 Å². The number of carbonyl (C=O) groups excluding carboxylic acids is 3. The van der Waals surface area contributed by atoms with Crippen molar-refractivity contribution in [2.24, 2.45) is 5.41 Å². The van der Waals surface area contributed by atoms with Gasteiger partial charge in [0.1, 0.15) is 11.5 Å². The molecule has 7 rings (SSSR count). The number of ketones is 3. The van der Waals surface area contributed by atoms with Crippen molar-refractivity contribution >= 4 is 34.8 Å². The number of Topliss-reactive ketones (excluding diaryl/α,β-unsaturated/α-hetero) is 3. The van der Waals surface area contributed by atoms with Crippen LogP contribution in [0, 0.1) is 15.5 Å². The zero-order valence-corrected chi connectivity index (χ0v) is 23.8. The van der Waals surface area contributed by atoms with Gasteiger partial charge in [0.2, 0.25) is 0 Å². The molecular weight excluding hydrogens is 560 g/mol. The van der Waals surface area contributed by atoms with Gasteiger partial charge in [-0.05, 0) is 17.7 Å². The summed E-state index contributed by atoms with van der Waals surface area (Å²) in [5, 5.41) is 11.7. The quantitative estimate of drug-likeness (QED) is 0.118. The molecule has 1 saturated heterocycles. The van der Waals surface area contributed by atoms with Gasteiger partial charge in [0.25, 0.3) is 5.69 Å². The van der Waals surface area contributed by atoms with Gasteiger partial charge in [-0.3, -0.25) is 24.5 Å². The van der Waals surface area contributed by atoms with Gasteiger partial charge in [-0.2, -0.15) is 0 Å². The van der Waals surface area contributed by atoms with Crippen molar-refractivity contribution < 1.29 is 28.8 Å². The van der Waals surface area contributed by atoms with Crippen molar-refractivity contribution in [2.45, 2.75) is 18.0 Å². The molecule has 0 bridgehead atoms. The molecule has 0 amide bonds. The summed E-state index contributed by atoms with van der Waals surface area (Å²) < 4.78 is 11.5. The Morgan fingerprint density at radius 1 is 0.864 bits per heavy atom. The molecule has 4 aromatic rings. The lowest BCUT2D eigenvalue weighted by molar-refractivity contribution is -0.384. The fourth-order valence-corrected chi connectivity index (χ4v) is 7.36. The number of nitro benzene ring substituents is 1. The second-order valence-corrected chi connectivity index (χ2v) is 11.0. The molecule has 1 unspecified atom stereocenters. The predicted molar refractivity (Wildman–Crippen MR) is 163 cm³/mol. The number of fused-ring (bicyclic) bond motifs is 5. The summed E-state index contributed by atoms with van der Waals surface area (Å²) in [6, 6.07) is 22.9. The van der Waals surface area contributed by atoms with Crippen LogP contribution in [-0.4, -0.2) is 48.6 Å². The van der Waals surface area contributed by atoms with E-state index in [9.17, 15) is 24.5 Å². The molecule has 2 heterocycles. The summed E-state index contributed by atoms with van der Waals surface area (Å²) in [7, 11) is 2.96. The zero-order chi connectivity index (χ0) is 30.7. The summed E-state index contributed by atoms with van der Waals surface area (Å²) >= 11 is 0. The molecular formula is C35H26N2O7. The van der Waals surface area contributed by atoms with E-state index < -0.39 is 34.1 Å². The van der Waals surface area contributed by atoms with Gasteiger partial charge in [-0.25, -0.2) is 0 Å². The lowest BCUT2D eigenvalue weighted by atomic mass is 9.64. The Balaban J connectivity index is 1.58. The number of hydrogen-bond acceptors (Lipinski definition) is 8. The normalized spacial score (nSPS) is 20.7. The Hall–Kier alpha value is -5.57. The second-order valence-electron chi connectivity index (χ2n) is 11.0. The zero-order valence-electron chi connectivity index (χ0n) is 23.8. The summed E-state index contributed by atoms with van der Waals surface area (Å²) in [6.07, 6.45) is 3.70. The maximum atomic E-state index is 14.9. The van der Waals surface area contributed by atoms with E-state index in [4.69, 9.17) is 9.47 Å². The van der Waals surface area contributed by atoms with E-state index in [1.807, 2.05) is 41.3 Å². The number of ether oxygens (including phenoxy) is 2. The number of para-hydroxylation sites is 2. The highest BCUT2D eigenvalue weighted by molar-refractivity contribution is 6.32. The van der Waals surface area contributed by atoms with Gasteiger partial charge in [-0.15, -0.1) is 0 Å². The van der Waals surface area contributed by atoms with Crippen molar-refractivity contribution in [1.82, 2.24) is 0 Å². The van der Waals surface area contributed by atoms with Gasteiger partial charge < -0.3 is 14.4 Å². The van der Waals surface area contributed by atoms with Crippen molar-refractivity contribution in [3.05, 3.63) is 135 Å². The Morgan fingerprint density at radius 2 is 1.55 bits per heavy atom. The van der Waals surface area contributed by atoms with E-state index in [1.165, 1.54) is 38.5 Å². The molecule has 1 fully saturated rings. The third-order valence-corrected chi connectivity index (χ3v) is 9.09. The van der Waals surface area contributed by atoms with Crippen LogP contribution in [0.2, 0.25) is 0 Å². The summed E-state index contributed by atoms with van der Waals surface area (Å²) in [5.41, 5.74) is 0.609. The van der Waals surface area contributed by atoms with Crippen molar-refractivity contribution in [2.75, 3.05) is 19.1 Å². The largest absolute Gasteiger partial charge is 0.493 e. The van der Waals surface area contributed by atoms with Crippen molar-refractivity contribution in [3.8, 4) is 11.5 Å². The number of methoxy groups -OCH3 is 2. The highest BCUT2D eigenvalue weighted by atomic mass is 16.6. The Morgan fingerprint density at radius 3 is 2.23 bits per heavy atom. The number of nitro groups is 1. The third-order valence-electron chi connectivity index (χ3n) is 9.09. The monoisotopic (exact) mass is 586 g/mol. The van der Waals surface area contributed by atoms with Crippen LogP contribution in [-0.2, 0) is 0 Å². The molecule has 0 aromatic heterocycles. The molecule has 0 saturated carbocycles. The minimum Gasteiger partial charge on any atom is -0.493 e. The van der Waals surface area contributed by atoms with Crippen LogP contribution in [0.15, 0.2) is 97.1 Å². The molecule has 4 aromatic carbocycles. The van der Waals surface area contributed by atoms with Gasteiger partial charge >= 0.3 is 0 Å². The molecule has 3 atom stereocenters. The maximum absolute atomic E-state index is 14.9. The number of rotatable bonds is 6. The summed E-state index contributed by atoms with van der Waals surface area (Å²) in [6.45, 7) is 0. The van der Waals surface area contributed by atoms with E-state index in [1.54, 1.807) is 42.5 Å². The summed E-state index contributed by atoms with van der Waals surface area (Å²) in [4.78, 5) is 57.5. The molecule has 44 heavy (non-hydrogen) atoms. The van der Waals surface area contributed by atoms with Gasteiger partial charge in [-0.1, -0.05) is 78.9 Å². The number of hydrogen-bond donors (Lipinski definition) is 0. The fourth-order valence-electron chi connectivity index (χ4n) is 7.36. The minimum atomic E-state index is -1.76. The van der Waals surface area contributed by atoms with Crippen LogP contribution < -0.4 is 14.4 Å². The van der Waals surface area contributed by atoms with Gasteiger partial charge in [0.15, 0.2) is 28.8 Å². The highest BCUT2D eigenvalue weighted by Crippen LogP contribution is 2.62. The number of nitrogens with zero attached hydrogens (tertiary/aromatic N) is 2. The van der Waals surface area contributed by atoms with Gasteiger partial charge in [0, 0.05) is 46.0 Å². The lowest BCUT2D eigenvalue weighted by Gasteiger charge is -2.37. The summed E-state index contributed by atoms with van der Waals surface area (Å²) in [5.74, 6) is -1.63. The molecule has 2 aliphatic heterocycles. The molecule has 0 N–H and O–H groups in total. The van der Waals surface area contributed by atoms with Gasteiger partial charge in [0.05, 0.1) is 25.2 Å². The second kappa shape index (κ2) is 10.0. The predicted octanol–water partition coefficient (Wildman–Crippen LogP) is 5.93. The topological polar surface area (TPSA) is 116 Å². The number of non-ortho nitro benzene ring substituents is 1. The lowest BCUT2D eigenvalue weighted by Crippen LogP contribution is -2.48. The Kier molecular flexibility index (Phi) is 6.21. The fraction of sp³-hybridized carbons (Fsp3) is 0.171. The number of carbonyl (C=O) groups is 3. The first-order chi connectivity index (χ1) is 21.3. The van der Waals surface area contributed by atoms with Crippen LogP contribution >= 0.6 is 0 Å². The molecule has 3 aliphatic rings.